The third kappa shape index (κ3) is 6.57. The molecule has 0 spiro atoms. The first-order chi connectivity index (χ1) is 12.5. The number of unbranched alkanes of at least 4 members (excludes halogenated alkanes) is 1. The van der Waals surface area contributed by atoms with Crippen molar-refractivity contribution in [3.05, 3.63) is 35.1 Å². The van der Waals surface area contributed by atoms with Gasteiger partial charge in [-0.1, -0.05) is 12.1 Å². The van der Waals surface area contributed by atoms with Crippen LogP contribution in [0.5, 0.6) is 0 Å². The number of halogens is 1. The van der Waals surface area contributed by atoms with E-state index < -0.39 is 0 Å². The molecule has 0 aromatic heterocycles. The van der Waals surface area contributed by atoms with Crippen molar-refractivity contribution < 1.29 is 4.39 Å². The summed E-state index contributed by atoms with van der Waals surface area (Å²) in [5.74, 6) is 0.598. The van der Waals surface area contributed by atoms with Gasteiger partial charge in [-0.3, -0.25) is 4.99 Å². The topological polar surface area (TPSA) is 42.9 Å². The van der Waals surface area contributed by atoms with E-state index in [-0.39, 0.29) is 11.9 Å². The molecule has 0 aliphatic carbocycles. The van der Waals surface area contributed by atoms with Crippen molar-refractivity contribution in [2.75, 3.05) is 53.4 Å². The summed E-state index contributed by atoms with van der Waals surface area (Å²) >= 11 is 0. The molecule has 1 aliphatic rings. The molecule has 1 fully saturated rings. The molecule has 1 saturated heterocycles. The van der Waals surface area contributed by atoms with E-state index in [0.717, 1.165) is 24.5 Å². The number of hydrogen-bond acceptors (Lipinski definition) is 3. The van der Waals surface area contributed by atoms with Crippen LogP contribution in [-0.2, 0) is 0 Å². The van der Waals surface area contributed by atoms with E-state index in [1.54, 1.807) is 20.0 Å². The fourth-order valence-electron chi connectivity index (χ4n) is 3.10. The molecular weight excluding hydrogens is 329 g/mol. The van der Waals surface area contributed by atoms with Gasteiger partial charge in [-0.15, -0.1) is 0 Å². The van der Waals surface area contributed by atoms with Crippen molar-refractivity contribution in [1.82, 2.24) is 20.4 Å². The summed E-state index contributed by atoms with van der Waals surface area (Å²) in [5.41, 5.74) is 1.59. The number of guanidine groups is 1. The Bertz CT molecular complexity index is 582. The minimum Gasteiger partial charge on any atom is -0.356 e. The number of nitrogens with zero attached hydrogens (tertiary/aromatic N) is 3. The third-order valence-electron chi connectivity index (χ3n) is 5.06. The largest absolute Gasteiger partial charge is 0.356 e. The zero-order chi connectivity index (χ0) is 18.9. The Balaban J connectivity index is 1.66. The highest BCUT2D eigenvalue weighted by molar-refractivity contribution is 5.80. The van der Waals surface area contributed by atoms with Crippen LogP contribution in [0, 0.1) is 12.7 Å². The zero-order valence-corrected chi connectivity index (χ0v) is 16.7. The average Bonchev–Trinajstić information content (AvgIpc) is 2.64. The van der Waals surface area contributed by atoms with Gasteiger partial charge in [-0.25, -0.2) is 4.39 Å². The highest BCUT2D eigenvalue weighted by atomic mass is 19.1. The molecule has 146 valence electrons. The molecular formula is C20H34FN5. The molecule has 1 heterocycles. The van der Waals surface area contributed by atoms with E-state index in [2.05, 4.69) is 32.5 Å². The number of aliphatic imine (C=N–C) groups is 1. The van der Waals surface area contributed by atoms with E-state index in [9.17, 15) is 4.39 Å². The van der Waals surface area contributed by atoms with Gasteiger partial charge in [0.05, 0.1) is 6.04 Å². The van der Waals surface area contributed by atoms with Gasteiger partial charge in [-0.2, -0.15) is 0 Å². The number of aryl methyl sites for hydroxylation is 1. The number of hydrogen-bond donors (Lipinski definition) is 2. The van der Waals surface area contributed by atoms with Gasteiger partial charge in [0, 0.05) is 39.8 Å². The maximum absolute atomic E-state index is 13.7. The standard InChI is InChI=1S/C20H34FN5/c1-16-7-8-18(15-19(16)21)17(2)24-20(22-3)23-9-5-6-10-26-13-11-25(4)12-14-26/h7-8,15,17H,5-6,9-14H2,1-4H3,(H2,22,23,24). The number of piperazine rings is 1. The van der Waals surface area contributed by atoms with Crippen LogP contribution in [-0.4, -0.2) is 69.1 Å². The predicted octanol–water partition coefficient (Wildman–Crippen LogP) is 2.39. The molecule has 0 radical (unpaired) electrons. The Labute approximate surface area is 157 Å². The lowest BCUT2D eigenvalue weighted by Gasteiger charge is -2.32. The minimum atomic E-state index is -0.164. The predicted molar refractivity (Wildman–Crippen MR) is 107 cm³/mol. The lowest BCUT2D eigenvalue weighted by atomic mass is 10.1. The monoisotopic (exact) mass is 363 g/mol. The Hall–Kier alpha value is -1.66. The van der Waals surface area contributed by atoms with Gasteiger partial charge in [0.1, 0.15) is 5.82 Å². The molecule has 0 bridgehead atoms. The maximum Gasteiger partial charge on any atom is 0.191 e. The second kappa shape index (κ2) is 10.5. The normalized spacial score (nSPS) is 18.0. The van der Waals surface area contributed by atoms with E-state index in [1.165, 1.54) is 39.1 Å². The van der Waals surface area contributed by atoms with Gasteiger partial charge >= 0.3 is 0 Å². The minimum absolute atomic E-state index is 0.00152. The van der Waals surface area contributed by atoms with E-state index >= 15 is 0 Å². The fraction of sp³-hybridized carbons (Fsp3) is 0.650. The molecule has 6 heteroatoms. The summed E-state index contributed by atoms with van der Waals surface area (Å²) in [6.45, 7) is 10.6. The molecule has 1 unspecified atom stereocenters. The molecule has 1 aromatic carbocycles. The van der Waals surface area contributed by atoms with E-state index in [4.69, 9.17) is 0 Å². The van der Waals surface area contributed by atoms with Gasteiger partial charge < -0.3 is 20.4 Å². The number of benzene rings is 1. The first-order valence-corrected chi connectivity index (χ1v) is 9.63. The Kier molecular flexibility index (Phi) is 8.32. The lowest BCUT2D eigenvalue weighted by molar-refractivity contribution is 0.152. The van der Waals surface area contributed by atoms with Crippen LogP contribution < -0.4 is 10.6 Å². The molecule has 1 aliphatic heterocycles. The number of nitrogens with one attached hydrogen (secondary N) is 2. The van der Waals surface area contributed by atoms with Crippen molar-refractivity contribution in [3.8, 4) is 0 Å². The molecule has 0 saturated carbocycles. The SMILES string of the molecule is CN=C(NCCCCN1CCN(C)CC1)NC(C)c1ccc(C)c(F)c1. The first-order valence-electron chi connectivity index (χ1n) is 9.63. The highest BCUT2D eigenvalue weighted by Crippen LogP contribution is 2.16. The maximum atomic E-state index is 13.7. The summed E-state index contributed by atoms with van der Waals surface area (Å²) < 4.78 is 13.7. The lowest BCUT2D eigenvalue weighted by Crippen LogP contribution is -2.44. The summed E-state index contributed by atoms with van der Waals surface area (Å²) in [6.07, 6.45) is 2.30. The Morgan fingerprint density at radius 2 is 1.96 bits per heavy atom. The molecule has 5 nitrogen and oxygen atoms in total. The fourth-order valence-corrected chi connectivity index (χ4v) is 3.10. The molecule has 1 atom stereocenters. The molecule has 1 aromatic rings. The van der Waals surface area contributed by atoms with Crippen molar-refractivity contribution in [1.29, 1.82) is 0 Å². The molecule has 26 heavy (non-hydrogen) atoms. The van der Waals surface area contributed by atoms with Crippen molar-refractivity contribution in [2.24, 2.45) is 4.99 Å². The van der Waals surface area contributed by atoms with E-state index in [1.807, 2.05) is 19.1 Å². The second-order valence-corrected chi connectivity index (χ2v) is 7.23. The van der Waals surface area contributed by atoms with Gasteiger partial charge in [-0.05, 0) is 57.5 Å². The summed E-state index contributed by atoms with van der Waals surface area (Å²) in [7, 11) is 3.95. The first kappa shape index (κ1) is 20.6. The van der Waals surface area contributed by atoms with Crippen LogP contribution in [0.25, 0.3) is 0 Å². The van der Waals surface area contributed by atoms with Gasteiger partial charge in [0.25, 0.3) is 0 Å². The molecule has 0 amide bonds. The Morgan fingerprint density at radius 3 is 2.62 bits per heavy atom. The van der Waals surface area contributed by atoms with Crippen LogP contribution in [0.15, 0.2) is 23.2 Å². The summed E-state index contributed by atoms with van der Waals surface area (Å²) in [4.78, 5) is 9.20. The average molecular weight is 364 g/mol. The van der Waals surface area contributed by atoms with Gasteiger partial charge in [0.2, 0.25) is 0 Å². The smallest absolute Gasteiger partial charge is 0.191 e. The van der Waals surface area contributed by atoms with Crippen LogP contribution in [0.2, 0.25) is 0 Å². The third-order valence-corrected chi connectivity index (χ3v) is 5.06. The number of likely N-dealkylation sites (N-methyl/N-ethyl adjacent to an activating group) is 1. The van der Waals surface area contributed by atoms with Crippen molar-refractivity contribution in [2.45, 2.75) is 32.7 Å². The summed E-state index contributed by atoms with van der Waals surface area (Å²) in [6, 6.07) is 5.37. The van der Waals surface area contributed by atoms with Crippen LogP contribution in [0.3, 0.4) is 0 Å². The molecule has 2 N–H and O–H groups in total. The quantitative estimate of drug-likeness (QED) is 0.443. The van der Waals surface area contributed by atoms with Crippen LogP contribution >= 0.6 is 0 Å². The van der Waals surface area contributed by atoms with E-state index in [0.29, 0.717) is 5.56 Å². The second-order valence-electron chi connectivity index (χ2n) is 7.23. The zero-order valence-electron chi connectivity index (χ0n) is 16.7. The van der Waals surface area contributed by atoms with Crippen molar-refractivity contribution in [3.63, 3.8) is 0 Å². The van der Waals surface area contributed by atoms with Crippen molar-refractivity contribution >= 4 is 5.96 Å². The number of rotatable bonds is 7. The summed E-state index contributed by atoms with van der Waals surface area (Å²) in [5, 5.41) is 6.69. The van der Waals surface area contributed by atoms with Crippen LogP contribution in [0.4, 0.5) is 4.39 Å². The van der Waals surface area contributed by atoms with Crippen LogP contribution in [0.1, 0.15) is 36.9 Å². The Morgan fingerprint density at radius 1 is 1.23 bits per heavy atom. The van der Waals surface area contributed by atoms with Gasteiger partial charge in [0.15, 0.2) is 5.96 Å². The highest BCUT2D eigenvalue weighted by Gasteiger charge is 2.13. The molecule has 2 rings (SSSR count).